The molecule has 0 radical (unpaired) electrons. The Balaban J connectivity index is 1.60. The average molecular weight is 711 g/mol. The lowest BCUT2D eigenvalue weighted by Crippen LogP contribution is -2.16. The van der Waals surface area contributed by atoms with Gasteiger partial charge in [-0.3, -0.25) is 0 Å². The maximum Gasteiger partial charge on any atom is 0.344 e. The number of rotatable bonds is 11. The molecule has 8 aromatic carbocycles. The highest BCUT2D eigenvalue weighted by atomic mass is 16.6. The summed E-state index contributed by atoms with van der Waals surface area (Å²) < 4.78 is 23.8. The fourth-order valence-corrected chi connectivity index (χ4v) is 7.49. The van der Waals surface area contributed by atoms with E-state index >= 15 is 0 Å². The van der Waals surface area contributed by atoms with E-state index in [-0.39, 0.29) is 26.4 Å². The minimum atomic E-state index is -0.477. The van der Waals surface area contributed by atoms with Gasteiger partial charge in [0.25, 0.3) is 0 Å². The molecule has 266 valence electrons. The summed E-state index contributed by atoms with van der Waals surface area (Å²) in [6, 6.07) is 49.5. The van der Waals surface area contributed by atoms with Gasteiger partial charge < -0.3 is 18.9 Å². The van der Waals surface area contributed by atoms with Crippen molar-refractivity contribution in [1.82, 2.24) is 0 Å². The summed E-state index contributed by atoms with van der Waals surface area (Å²) in [4.78, 5) is 25.9. The Labute approximate surface area is 313 Å². The van der Waals surface area contributed by atoms with Crippen molar-refractivity contribution < 1.29 is 28.5 Å². The standard InChI is InChI=1S/C48H38O6/c1-3-51-41(49)29-53-39-27-35-25-23-31-15-11-13-21-37(31)43(35)45(33-17-7-5-8-18-33)47(39)48-40(54-30-42(50)52-4-2)28-36-26-24-32-16-12-14-22-38(32)44(36)46(48)34-19-9-6-10-20-34/h5-28H,3-4,29-30H2,1-2H3. The minimum Gasteiger partial charge on any atom is -0.481 e. The predicted molar refractivity (Wildman–Crippen MR) is 217 cm³/mol. The van der Waals surface area contributed by atoms with E-state index in [0.29, 0.717) is 11.5 Å². The molecule has 0 amide bonds. The maximum atomic E-state index is 12.9. The second-order valence-corrected chi connectivity index (χ2v) is 12.9. The van der Waals surface area contributed by atoms with E-state index in [1.165, 1.54) is 0 Å². The van der Waals surface area contributed by atoms with Gasteiger partial charge in [-0.25, -0.2) is 9.59 Å². The van der Waals surface area contributed by atoms with Crippen LogP contribution in [0.5, 0.6) is 11.5 Å². The van der Waals surface area contributed by atoms with Crippen LogP contribution in [0, 0.1) is 0 Å². The van der Waals surface area contributed by atoms with Gasteiger partial charge in [0.2, 0.25) is 0 Å². The third-order valence-electron chi connectivity index (χ3n) is 9.67. The smallest absolute Gasteiger partial charge is 0.344 e. The number of hydrogen-bond donors (Lipinski definition) is 0. The van der Waals surface area contributed by atoms with Crippen LogP contribution in [-0.2, 0) is 19.1 Å². The van der Waals surface area contributed by atoms with Crippen molar-refractivity contribution in [3.63, 3.8) is 0 Å². The van der Waals surface area contributed by atoms with Crippen LogP contribution in [-0.4, -0.2) is 38.4 Å². The molecule has 0 aromatic heterocycles. The molecule has 54 heavy (non-hydrogen) atoms. The van der Waals surface area contributed by atoms with E-state index in [1.54, 1.807) is 13.8 Å². The molecule has 0 aliphatic heterocycles. The minimum absolute atomic E-state index is 0.232. The van der Waals surface area contributed by atoms with Gasteiger partial charge in [0.05, 0.1) is 13.2 Å². The topological polar surface area (TPSA) is 71.1 Å². The Morgan fingerprint density at radius 1 is 0.426 bits per heavy atom. The molecule has 0 saturated heterocycles. The normalized spacial score (nSPS) is 11.2. The van der Waals surface area contributed by atoms with Gasteiger partial charge in [0, 0.05) is 22.3 Å². The van der Waals surface area contributed by atoms with E-state index in [4.69, 9.17) is 18.9 Å². The lowest BCUT2D eigenvalue weighted by molar-refractivity contribution is -0.146. The lowest BCUT2D eigenvalue weighted by Gasteiger charge is -2.25. The maximum absolute atomic E-state index is 12.9. The third kappa shape index (κ3) is 6.47. The highest BCUT2D eigenvalue weighted by molar-refractivity contribution is 6.23. The molecule has 0 unspecified atom stereocenters. The van der Waals surface area contributed by atoms with Gasteiger partial charge in [-0.15, -0.1) is 0 Å². The molecule has 6 heteroatoms. The molecule has 0 spiro atoms. The van der Waals surface area contributed by atoms with Gasteiger partial charge in [-0.1, -0.05) is 133 Å². The second-order valence-electron chi connectivity index (χ2n) is 12.9. The van der Waals surface area contributed by atoms with Crippen LogP contribution in [0.25, 0.3) is 76.5 Å². The summed E-state index contributed by atoms with van der Waals surface area (Å²) in [5, 5.41) is 8.22. The number of hydrogen-bond acceptors (Lipinski definition) is 6. The van der Waals surface area contributed by atoms with Crippen LogP contribution in [0.15, 0.2) is 146 Å². The van der Waals surface area contributed by atoms with Crippen molar-refractivity contribution in [1.29, 1.82) is 0 Å². The van der Waals surface area contributed by atoms with Crippen molar-refractivity contribution in [3.8, 4) is 44.9 Å². The second kappa shape index (κ2) is 15.1. The molecule has 0 heterocycles. The van der Waals surface area contributed by atoms with Crippen molar-refractivity contribution in [2.75, 3.05) is 26.4 Å². The molecule has 0 aliphatic carbocycles. The highest BCUT2D eigenvalue weighted by Crippen LogP contribution is 2.54. The van der Waals surface area contributed by atoms with Gasteiger partial charge >= 0.3 is 11.9 Å². The molecular weight excluding hydrogens is 673 g/mol. The molecule has 0 fully saturated rings. The predicted octanol–water partition coefficient (Wildman–Crippen LogP) is 11.2. The number of fused-ring (bicyclic) bond motifs is 6. The largest absolute Gasteiger partial charge is 0.481 e. The van der Waals surface area contributed by atoms with Crippen molar-refractivity contribution in [2.45, 2.75) is 13.8 Å². The summed E-state index contributed by atoms with van der Waals surface area (Å²) in [7, 11) is 0. The van der Waals surface area contributed by atoms with Crippen molar-refractivity contribution in [2.24, 2.45) is 0 Å². The first-order valence-corrected chi connectivity index (χ1v) is 18.2. The first-order valence-electron chi connectivity index (χ1n) is 18.2. The molecule has 0 aliphatic rings. The number of carbonyl (C=O) groups is 2. The molecule has 0 N–H and O–H groups in total. The van der Waals surface area contributed by atoms with E-state index in [2.05, 4.69) is 72.8 Å². The zero-order valence-corrected chi connectivity index (χ0v) is 30.1. The van der Waals surface area contributed by atoms with E-state index in [1.807, 2.05) is 72.8 Å². The van der Waals surface area contributed by atoms with Crippen LogP contribution >= 0.6 is 0 Å². The number of carbonyl (C=O) groups excluding carboxylic acids is 2. The fourth-order valence-electron chi connectivity index (χ4n) is 7.49. The van der Waals surface area contributed by atoms with Crippen LogP contribution in [0.4, 0.5) is 0 Å². The zero-order valence-electron chi connectivity index (χ0n) is 30.1. The zero-order chi connectivity index (χ0) is 37.0. The number of benzene rings is 8. The first kappa shape index (κ1) is 34.4. The van der Waals surface area contributed by atoms with Gasteiger partial charge in [0.15, 0.2) is 13.2 Å². The summed E-state index contributed by atoms with van der Waals surface area (Å²) in [5.74, 6) is -0.00494. The number of ether oxygens (including phenoxy) is 4. The van der Waals surface area contributed by atoms with E-state index < -0.39 is 11.9 Å². The molecule has 8 rings (SSSR count). The summed E-state index contributed by atoms with van der Waals surface area (Å²) in [6.45, 7) is 3.41. The Bertz CT molecular complexity index is 2480. The van der Waals surface area contributed by atoms with E-state index in [0.717, 1.165) is 76.5 Å². The van der Waals surface area contributed by atoms with Crippen molar-refractivity contribution >= 4 is 55.0 Å². The van der Waals surface area contributed by atoms with E-state index in [9.17, 15) is 9.59 Å². The van der Waals surface area contributed by atoms with Crippen molar-refractivity contribution in [3.05, 3.63) is 146 Å². The quantitative estimate of drug-likeness (QED) is 0.0983. The monoisotopic (exact) mass is 710 g/mol. The summed E-state index contributed by atoms with van der Waals surface area (Å²) in [6.07, 6.45) is 0. The van der Waals surface area contributed by atoms with Crippen LogP contribution in [0.2, 0.25) is 0 Å². The van der Waals surface area contributed by atoms with Crippen LogP contribution in [0.3, 0.4) is 0 Å². The SMILES string of the molecule is CCOC(=O)COc1cc2ccc3ccccc3c2c(-c2ccccc2)c1-c1c(OCC(=O)OCC)cc2ccc3ccccc3c2c1-c1ccccc1. The molecule has 8 aromatic rings. The summed E-state index contributed by atoms with van der Waals surface area (Å²) in [5.41, 5.74) is 5.15. The number of esters is 2. The first-order chi connectivity index (χ1) is 26.6. The molecule has 6 nitrogen and oxygen atoms in total. The lowest BCUT2D eigenvalue weighted by atomic mass is 9.81. The molecule has 0 atom stereocenters. The fraction of sp³-hybridized carbons (Fsp3) is 0.125. The Kier molecular flexibility index (Phi) is 9.65. The van der Waals surface area contributed by atoms with Gasteiger partial charge in [0.1, 0.15) is 11.5 Å². The Morgan fingerprint density at radius 3 is 1.20 bits per heavy atom. The molecular formula is C48H38O6. The van der Waals surface area contributed by atoms with Gasteiger partial charge in [-0.05, 0) is 80.2 Å². The van der Waals surface area contributed by atoms with Crippen LogP contribution in [0.1, 0.15) is 13.8 Å². The summed E-state index contributed by atoms with van der Waals surface area (Å²) >= 11 is 0. The van der Waals surface area contributed by atoms with Gasteiger partial charge in [-0.2, -0.15) is 0 Å². The Hall–Kier alpha value is -6.66. The molecule has 0 bridgehead atoms. The Morgan fingerprint density at radius 2 is 0.796 bits per heavy atom. The molecule has 0 saturated carbocycles. The average Bonchev–Trinajstić information content (AvgIpc) is 3.21. The van der Waals surface area contributed by atoms with Crippen LogP contribution < -0.4 is 9.47 Å². The highest BCUT2D eigenvalue weighted by Gasteiger charge is 2.28. The third-order valence-corrected chi connectivity index (χ3v) is 9.67.